The van der Waals surface area contributed by atoms with Crippen molar-refractivity contribution in [3.05, 3.63) is 46.5 Å². The number of anilines is 1. The number of nitriles is 1. The summed E-state index contributed by atoms with van der Waals surface area (Å²) < 4.78 is 15.2. The van der Waals surface area contributed by atoms with Crippen LogP contribution in [0.4, 0.5) is 14.9 Å². The van der Waals surface area contributed by atoms with Gasteiger partial charge in [0.15, 0.2) is 0 Å². The first-order valence-electron chi connectivity index (χ1n) is 10.0. The first-order valence-corrected chi connectivity index (χ1v) is 10.0. The molecule has 4 rings (SSSR count). The number of nitrogens with zero attached hydrogens (tertiary/aromatic N) is 5. The molecule has 2 N–H and O–H groups in total. The molecule has 0 bridgehead atoms. The van der Waals surface area contributed by atoms with Crippen molar-refractivity contribution in [2.24, 2.45) is 5.92 Å². The monoisotopic (exact) mass is 426 g/mol. The van der Waals surface area contributed by atoms with Crippen molar-refractivity contribution in [2.75, 3.05) is 25.5 Å². The summed E-state index contributed by atoms with van der Waals surface area (Å²) in [4.78, 5) is 29.1. The molecule has 9 nitrogen and oxygen atoms in total. The second-order valence-electron chi connectivity index (χ2n) is 8.11. The highest BCUT2D eigenvalue weighted by Gasteiger charge is 2.37. The molecule has 0 unspecified atom stereocenters. The molecular weight excluding hydrogens is 403 g/mol. The van der Waals surface area contributed by atoms with E-state index in [1.54, 1.807) is 27.6 Å². The number of rotatable bonds is 2. The van der Waals surface area contributed by atoms with Crippen LogP contribution >= 0.6 is 0 Å². The van der Waals surface area contributed by atoms with E-state index in [4.69, 9.17) is 5.26 Å². The quantitative estimate of drug-likeness (QED) is 0.757. The summed E-state index contributed by atoms with van der Waals surface area (Å²) in [6.45, 7) is 2.91. The smallest absolute Gasteiger partial charge is 0.322 e. The van der Waals surface area contributed by atoms with Crippen molar-refractivity contribution in [1.82, 2.24) is 19.6 Å². The molecule has 0 spiro atoms. The first kappa shape index (κ1) is 20.8. The highest BCUT2D eigenvalue weighted by Crippen LogP contribution is 2.29. The maximum absolute atomic E-state index is 13.6. The number of halogens is 1. The van der Waals surface area contributed by atoms with Crippen LogP contribution in [0.5, 0.6) is 0 Å². The fourth-order valence-electron chi connectivity index (χ4n) is 4.19. The van der Waals surface area contributed by atoms with Gasteiger partial charge in [0.2, 0.25) is 0 Å². The summed E-state index contributed by atoms with van der Waals surface area (Å²) in [5, 5.41) is 25.9. The van der Waals surface area contributed by atoms with Crippen LogP contribution in [0, 0.1) is 23.1 Å². The van der Waals surface area contributed by atoms with Crippen LogP contribution in [0.25, 0.3) is 0 Å². The second-order valence-corrected chi connectivity index (χ2v) is 8.11. The summed E-state index contributed by atoms with van der Waals surface area (Å²) in [7, 11) is 1.69. The average molecular weight is 426 g/mol. The molecule has 0 fully saturated rings. The largest absolute Gasteiger partial charge is 0.396 e. The number of carbonyl (C=O) groups is 2. The number of nitrogens with one attached hydrogen (secondary N) is 1. The fourth-order valence-corrected chi connectivity index (χ4v) is 4.19. The second kappa shape index (κ2) is 8.00. The third-order valence-electron chi connectivity index (χ3n) is 5.85. The third-order valence-corrected chi connectivity index (χ3v) is 5.85. The molecule has 3 amide bonds. The van der Waals surface area contributed by atoms with E-state index in [2.05, 4.69) is 10.4 Å². The van der Waals surface area contributed by atoms with Gasteiger partial charge in [-0.1, -0.05) is 0 Å². The lowest BCUT2D eigenvalue weighted by Crippen LogP contribution is -2.45. The Labute approximate surface area is 178 Å². The SMILES string of the molecule is C[C@@H]1Cc2nn3c(c2CN1C(=O)Nc1ccc(F)c(C#N)c1)C(=O)N(C)C[C@H](CO)C3. The van der Waals surface area contributed by atoms with E-state index in [0.29, 0.717) is 36.5 Å². The van der Waals surface area contributed by atoms with Crippen molar-refractivity contribution in [3.8, 4) is 6.07 Å². The van der Waals surface area contributed by atoms with E-state index >= 15 is 0 Å². The van der Waals surface area contributed by atoms with Gasteiger partial charge in [-0.15, -0.1) is 0 Å². The predicted molar refractivity (Wildman–Crippen MR) is 109 cm³/mol. The standard InChI is InChI=1S/C21H23FN6O3/c1-12-5-18-16(19-20(30)26(2)8-13(11-29)9-28(19)25-18)10-27(12)21(31)24-15-3-4-17(22)14(6-15)7-23/h3-4,6,12-13,29H,5,8-11H2,1-2H3,(H,24,31)/t12-,13+/m1/s1. The Morgan fingerprint density at radius 2 is 2.19 bits per heavy atom. The molecule has 0 saturated heterocycles. The Hall–Kier alpha value is -3.45. The van der Waals surface area contributed by atoms with Crippen LogP contribution < -0.4 is 5.32 Å². The highest BCUT2D eigenvalue weighted by molar-refractivity contribution is 5.95. The van der Waals surface area contributed by atoms with Gasteiger partial charge >= 0.3 is 6.03 Å². The molecule has 0 saturated carbocycles. The summed E-state index contributed by atoms with van der Waals surface area (Å²) in [5.74, 6) is -0.944. The van der Waals surface area contributed by atoms with Crippen LogP contribution in [-0.4, -0.2) is 62.9 Å². The Kier molecular flexibility index (Phi) is 5.37. The van der Waals surface area contributed by atoms with Crippen LogP contribution in [0.1, 0.15) is 34.2 Å². The van der Waals surface area contributed by atoms with Gasteiger partial charge in [0.1, 0.15) is 17.6 Å². The third kappa shape index (κ3) is 3.72. The van der Waals surface area contributed by atoms with E-state index in [-0.39, 0.29) is 36.6 Å². The number of aromatic nitrogens is 2. The molecular formula is C21H23FN6O3. The lowest BCUT2D eigenvalue weighted by atomic mass is 9.99. The topological polar surface area (TPSA) is 114 Å². The number of hydrogen-bond donors (Lipinski definition) is 2. The van der Waals surface area contributed by atoms with Crippen molar-refractivity contribution in [2.45, 2.75) is 32.5 Å². The van der Waals surface area contributed by atoms with Gasteiger partial charge in [0.05, 0.1) is 17.8 Å². The highest BCUT2D eigenvalue weighted by atomic mass is 19.1. The van der Waals surface area contributed by atoms with E-state index in [0.717, 1.165) is 11.8 Å². The van der Waals surface area contributed by atoms with Gasteiger partial charge < -0.3 is 20.2 Å². The molecule has 0 radical (unpaired) electrons. The minimum absolute atomic E-state index is 0.0468. The van der Waals surface area contributed by atoms with Gasteiger partial charge in [0.25, 0.3) is 5.91 Å². The molecule has 1 aromatic heterocycles. The maximum atomic E-state index is 13.6. The van der Waals surface area contributed by atoms with Gasteiger partial charge in [-0.05, 0) is 25.1 Å². The molecule has 2 aliphatic rings. The van der Waals surface area contributed by atoms with Crippen LogP contribution in [0.15, 0.2) is 18.2 Å². The normalized spacial score (nSPS) is 20.5. The molecule has 1 aromatic carbocycles. The molecule has 2 aromatic rings. The predicted octanol–water partition coefficient (Wildman–Crippen LogP) is 1.57. The number of fused-ring (bicyclic) bond motifs is 3. The zero-order chi connectivity index (χ0) is 22.3. The van der Waals surface area contributed by atoms with Crippen molar-refractivity contribution >= 4 is 17.6 Å². The summed E-state index contributed by atoms with van der Waals surface area (Å²) in [6, 6.07) is 4.99. The van der Waals surface area contributed by atoms with Crippen molar-refractivity contribution < 1.29 is 19.1 Å². The number of benzene rings is 1. The number of amides is 3. The number of aliphatic hydroxyl groups is 1. The Bertz CT molecular complexity index is 1090. The van der Waals surface area contributed by atoms with Crippen molar-refractivity contribution in [1.29, 1.82) is 5.26 Å². The lowest BCUT2D eigenvalue weighted by molar-refractivity contribution is 0.0761. The maximum Gasteiger partial charge on any atom is 0.322 e. The number of hydrogen-bond acceptors (Lipinski definition) is 5. The minimum Gasteiger partial charge on any atom is -0.396 e. The minimum atomic E-state index is -0.650. The Morgan fingerprint density at radius 3 is 2.90 bits per heavy atom. The molecule has 31 heavy (non-hydrogen) atoms. The van der Waals surface area contributed by atoms with E-state index in [9.17, 15) is 19.1 Å². The number of carbonyl (C=O) groups excluding carboxylic acids is 2. The molecule has 3 heterocycles. The molecule has 162 valence electrons. The van der Waals surface area contributed by atoms with E-state index < -0.39 is 11.8 Å². The molecule has 0 aliphatic carbocycles. The van der Waals surface area contributed by atoms with Crippen LogP contribution in [0.3, 0.4) is 0 Å². The van der Waals surface area contributed by atoms with E-state index in [1.807, 2.05) is 6.92 Å². The number of aliphatic hydroxyl groups excluding tert-OH is 1. The summed E-state index contributed by atoms with van der Waals surface area (Å²) >= 11 is 0. The number of urea groups is 1. The zero-order valence-corrected chi connectivity index (χ0v) is 17.3. The van der Waals surface area contributed by atoms with Crippen LogP contribution in [-0.2, 0) is 19.5 Å². The van der Waals surface area contributed by atoms with Gasteiger partial charge in [0, 0.05) is 56.4 Å². The molecule has 2 aliphatic heterocycles. The van der Waals surface area contributed by atoms with Gasteiger partial charge in [-0.3, -0.25) is 9.48 Å². The van der Waals surface area contributed by atoms with E-state index in [1.165, 1.54) is 12.1 Å². The zero-order valence-electron chi connectivity index (χ0n) is 17.3. The van der Waals surface area contributed by atoms with Crippen LogP contribution in [0.2, 0.25) is 0 Å². The Morgan fingerprint density at radius 1 is 1.42 bits per heavy atom. The fraction of sp³-hybridized carbons (Fsp3) is 0.429. The molecule has 10 heteroatoms. The average Bonchev–Trinajstić information content (AvgIpc) is 3.03. The Balaban J connectivity index is 1.61. The van der Waals surface area contributed by atoms with Gasteiger partial charge in [-0.25, -0.2) is 9.18 Å². The summed E-state index contributed by atoms with van der Waals surface area (Å²) in [5.41, 5.74) is 2.10. The first-order chi connectivity index (χ1) is 14.8. The summed E-state index contributed by atoms with van der Waals surface area (Å²) in [6.07, 6.45) is 0.483. The lowest BCUT2D eigenvalue weighted by Gasteiger charge is -2.33. The van der Waals surface area contributed by atoms with Gasteiger partial charge in [-0.2, -0.15) is 10.4 Å². The molecule has 2 atom stereocenters. The van der Waals surface area contributed by atoms with Crippen molar-refractivity contribution in [3.63, 3.8) is 0 Å².